The number of carbonyl (C=O) groups excluding carboxylic acids is 2. The van der Waals surface area contributed by atoms with Crippen molar-refractivity contribution in [3.8, 4) is 5.75 Å². The number of hydrogen-bond acceptors (Lipinski definition) is 8. The highest BCUT2D eigenvalue weighted by molar-refractivity contribution is 7.16. The zero-order valence-corrected chi connectivity index (χ0v) is 15.4. The fourth-order valence-corrected chi connectivity index (χ4v) is 3.15. The summed E-state index contributed by atoms with van der Waals surface area (Å²) in [5.41, 5.74) is 0.612. The Labute approximate surface area is 157 Å². The van der Waals surface area contributed by atoms with Gasteiger partial charge in [0, 0.05) is 11.8 Å². The second-order valence-corrected chi connectivity index (χ2v) is 6.51. The van der Waals surface area contributed by atoms with Crippen molar-refractivity contribution in [3.05, 3.63) is 57.0 Å². The normalized spacial score (nSPS) is 10.6. The fraction of sp³-hybridized carbons (Fsp3) is 0.235. The van der Waals surface area contributed by atoms with Crippen LogP contribution in [0, 0.1) is 6.92 Å². The second kappa shape index (κ2) is 7.96. The van der Waals surface area contributed by atoms with Crippen LogP contribution in [0.3, 0.4) is 0 Å². The standard InChI is InChI=1S/C17H16N4O5S/c1-10-7-14(22)21-17(19-10)27-13(20-21)9-26-15(23)8-18-16(24)11-5-3-4-6-12(11)25-2/h3-7H,8-9H2,1-2H3,(H,18,24). The van der Waals surface area contributed by atoms with Crippen molar-refractivity contribution in [2.24, 2.45) is 0 Å². The van der Waals surface area contributed by atoms with E-state index in [0.717, 1.165) is 15.9 Å². The number of nitrogens with one attached hydrogen (secondary N) is 1. The molecule has 1 amide bonds. The number of methoxy groups -OCH3 is 1. The smallest absolute Gasteiger partial charge is 0.325 e. The number of carbonyl (C=O) groups is 2. The van der Waals surface area contributed by atoms with Gasteiger partial charge in [-0.2, -0.15) is 9.61 Å². The number of nitrogens with zero attached hydrogens (tertiary/aromatic N) is 3. The number of aromatic nitrogens is 3. The van der Waals surface area contributed by atoms with Gasteiger partial charge < -0.3 is 14.8 Å². The van der Waals surface area contributed by atoms with E-state index in [1.165, 1.54) is 13.2 Å². The van der Waals surface area contributed by atoms with Crippen molar-refractivity contribution < 1.29 is 19.1 Å². The molecule has 2 heterocycles. The average molecular weight is 388 g/mol. The number of para-hydroxylation sites is 1. The van der Waals surface area contributed by atoms with Gasteiger partial charge in [-0.1, -0.05) is 23.5 Å². The van der Waals surface area contributed by atoms with Crippen LogP contribution in [-0.4, -0.2) is 40.1 Å². The first-order valence-electron chi connectivity index (χ1n) is 7.91. The van der Waals surface area contributed by atoms with Crippen molar-refractivity contribution in [2.45, 2.75) is 13.5 Å². The summed E-state index contributed by atoms with van der Waals surface area (Å²) in [6.45, 7) is 1.29. The highest BCUT2D eigenvalue weighted by Crippen LogP contribution is 2.16. The van der Waals surface area contributed by atoms with Gasteiger partial charge in [0.1, 0.15) is 18.9 Å². The monoisotopic (exact) mass is 388 g/mol. The molecule has 0 saturated carbocycles. The van der Waals surface area contributed by atoms with Gasteiger partial charge in [0.2, 0.25) is 4.96 Å². The Bertz CT molecular complexity index is 1060. The molecule has 1 aromatic carbocycles. The van der Waals surface area contributed by atoms with Crippen LogP contribution in [0.5, 0.6) is 5.75 Å². The largest absolute Gasteiger partial charge is 0.496 e. The predicted molar refractivity (Wildman–Crippen MR) is 97.0 cm³/mol. The lowest BCUT2D eigenvalue weighted by atomic mass is 10.2. The summed E-state index contributed by atoms with van der Waals surface area (Å²) >= 11 is 1.15. The zero-order chi connectivity index (χ0) is 19.4. The number of ether oxygens (including phenoxy) is 2. The molecular formula is C17H16N4O5S. The van der Waals surface area contributed by atoms with Gasteiger partial charge in [-0.15, -0.1) is 0 Å². The van der Waals surface area contributed by atoms with E-state index in [1.807, 2.05) is 0 Å². The van der Waals surface area contributed by atoms with Gasteiger partial charge in [0.15, 0.2) is 5.01 Å². The van der Waals surface area contributed by atoms with Gasteiger partial charge >= 0.3 is 5.97 Å². The van der Waals surface area contributed by atoms with Crippen molar-refractivity contribution >= 4 is 28.2 Å². The van der Waals surface area contributed by atoms with E-state index in [0.29, 0.717) is 27.0 Å². The van der Waals surface area contributed by atoms with Gasteiger partial charge in [0.05, 0.1) is 12.7 Å². The lowest BCUT2D eigenvalue weighted by Gasteiger charge is -2.08. The van der Waals surface area contributed by atoms with Gasteiger partial charge in [-0.3, -0.25) is 14.4 Å². The van der Waals surface area contributed by atoms with Crippen LogP contribution in [0.25, 0.3) is 4.96 Å². The second-order valence-electron chi connectivity index (χ2n) is 5.47. The third-order valence-electron chi connectivity index (χ3n) is 3.52. The summed E-state index contributed by atoms with van der Waals surface area (Å²) in [4.78, 5) is 40.4. The molecule has 0 saturated heterocycles. The van der Waals surface area contributed by atoms with Crippen molar-refractivity contribution in [1.29, 1.82) is 0 Å². The summed E-state index contributed by atoms with van der Waals surface area (Å²) in [7, 11) is 1.46. The first-order valence-corrected chi connectivity index (χ1v) is 8.73. The van der Waals surface area contributed by atoms with Crippen molar-refractivity contribution in [3.63, 3.8) is 0 Å². The highest BCUT2D eigenvalue weighted by Gasteiger charge is 2.14. The molecule has 27 heavy (non-hydrogen) atoms. The molecule has 1 N–H and O–H groups in total. The molecule has 0 fully saturated rings. The van der Waals surface area contributed by atoms with E-state index in [9.17, 15) is 14.4 Å². The molecule has 0 aliphatic carbocycles. The third kappa shape index (κ3) is 4.29. The minimum Gasteiger partial charge on any atom is -0.496 e. The number of rotatable bonds is 6. The molecule has 0 atom stereocenters. The van der Waals surface area contributed by atoms with Crippen molar-refractivity contribution in [1.82, 2.24) is 19.9 Å². The summed E-state index contributed by atoms with van der Waals surface area (Å²) in [5.74, 6) is -0.671. The summed E-state index contributed by atoms with van der Waals surface area (Å²) in [5, 5.41) is 6.97. The maximum absolute atomic E-state index is 12.1. The van der Waals surface area contributed by atoms with Crippen LogP contribution >= 0.6 is 11.3 Å². The highest BCUT2D eigenvalue weighted by atomic mass is 32.1. The van der Waals surface area contributed by atoms with E-state index in [1.54, 1.807) is 31.2 Å². The Morgan fingerprint density at radius 2 is 2.07 bits per heavy atom. The maximum atomic E-state index is 12.1. The van der Waals surface area contributed by atoms with Crippen LogP contribution < -0.4 is 15.6 Å². The minimum absolute atomic E-state index is 0.115. The number of esters is 1. The van der Waals surface area contributed by atoms with Gasteiger partial charge in [-0.05, 0) is 19.1 Å². The molecule has 10 heteroatoms. The van der Waals surface area contributed by atoms with E-state index in [-0.39, 0.29) is 18.7 Å². The lowest BCUT2D eigenvalue weighted by molar-refractivity contribution is -0.143. The fourth-order valence-electron chi connectivity index (χ4n) is 2.29. The van der Waals surface area contributed by atoms with E-state index in [4.69, 9.17) is 9.47 Å². The summed E-state index contributed by atoms with van der Waals surface area (Å²) < 4.78 is 11.4. The Morgan fingerprint density at radius 1 is 1.30 bits per heavy atom. The molecule has 0 spiro atoms. The quantitative estimate of drug-likeness (QED) is 0.626. The molecular weight excluding hydrogens is 372 g/mol. The van der Waals surface area contributed by atoms with E-state index >= 15 is 0 Å². The Kier molecular flexibility index (Phi) is 5.46. The number of benzene rings is 1. The molecule has 0 aliphatic heterocycles. The topological polar surface area (TPSA) is 112 Å². The Morgan fingerprint density at radius 3 is 2.85 bits per heavy atom. The van der Waals surface area contributed by atoms with E-state index in [2.05, 4.69) is 15.4 Å². The molecule has 0 radical (unpaired) electrons. The maximum Gasteiger partial charge on any atom is 0.325 e. The molecule has 140 valence electrons. The van der Waals surface area contributed by atoms with Crippen molar-refractivity contribution in [2.75, 3.05) is 13.7 Å². The molecule has 0 bridgehead atoms. The van der Waals surface area contributed by atoms with E-state index < -0.39 is 11.9 Å². The lowest BCUT2D eigenvalue weighted by Crippen LogP contribution is -2.30. The van der Waals surface area contributed by atoms with Gasteiger partial charge in [-0.25, -0.2) is 4.98 Å². The number of aryl methyl sites for hydroxylation is 1. The van der Waals surface area contributed by atoms with Crippen LogP contribution in [-0.2, 0) is 16.1 Å². The molecule has 0 aliphatic rings. The van der Waals surface area contributed by atoms with Crippen LogP contribution in [0.2, 0.25) is 0 Å². The Balaban J connectivity index is 1.56. The third-order valence-corrected chi connectivity index (χ3v) is 4.40. The van der Waals surface area contributed by atoms with Crippen LogP contribution in [0.15, 0.2) is 35.1 Å². The first-order chi connectivity index (χ1) is 13.0. The molecule has 0 unspecified atom stereocenters. The molecule has 2 aromatic heterocycles. The van der Waals surface area contributed by atoms with Gasteiger partial charge in [0.25, 0.3) is 11.5 Å². The minimum atomic E-state index is -0.631. The molecule has 3 rings (SSSR count). The number of amides is 1. The van der Waals surface area contributed by atoms with Crippen LogP contribution in [0.1, 0.15) is 21.1 Å². The average Bonchev–Trinajstić information content (AvgIpc) is 3.07. The Hall–Kier alpha value is -3.27. The summed E-state index contributed by atoms with van der Waals surface area (Å²) in [6, 6.07) is 8.05. The number of fused-ring (bicyclic) bond motifs is 1. The zero-order valence-electron chi connectivity index (χ0n) is 14.6. The summed E-state index contributed by atoms with van der Waals surface area (Å²) in [6.07, 6.45) is 0. The predicted octanol–water partition coefficient (Wildman–Crippen LogP) is 0.941. The molecule has 9 nitrogen and oxygen atoms in total. The van der Waals surface area contributed by atoms with Crippen LogP contribution in [0.4, 0.5) is 0 Å². The molecule has 3 aromatic rings. The first kappa shape index (κ1) is 18.5. The SMILES string of the molecule is COc1ccccc1C(=O)NCC(=O)OCc1nn2c(=O)cc(C)nc2s1. The number of hydrogen-bond donors (Lipinski definition) is 1.